The topological polar surface area (TPSA) is 0 Å². The summed E-state index contributed by atoms with van der Waals surface area (Å²) < 4.78 is 0. The minimum atomic E-state index is 0.239. The van der Waals surface area contributed by atoms with Gasteiger partial charge in [-0.15, -0.1) is 0 Å². The zero-order chi connectivity index (χ0) is 33.0. The molecule has 232 valence electrons. The highest BCUT2D eigenvalue weighted by atomic mass is 32.2. The molecule has 0 unspecified atom stereocenters. The first kappa shape index (κ1) is 29.1. The van der Waals surface area contributed by atoms with Gasteiger partial charge in [0, 0.05) is 9.79 Å². The summed E-state index contributed by atoms with van der Waals surface area (Å²) in [5.74, 6) is 0. The van der Waals surface area contributed by atoms with E-state index in [1.54, 1.807) is 0 Å². The van der Waals surface area contributed by atoms with Crippen molar-refractivity contribution in [2.75, 3.05) is 0 Å². The highest BCUT2D eigenvalue weighted by molar-refractivity contribution is 8.00. The molecular weight excluding hydrogens is 619 g/mol. The molecule has 9 aromatic rings. The molecule has 1 heterocycles. The molecule has 0 nitrogen and oxygen atoms in total. The number of fused-ring (bicyclic) bond motifs is 8. The maximum absolute atomic E-state index is 2.39. The van der Waals surface area contributed by atoms with E-state index in [0.29, 0.717) is 0 Å². The Balaban J connectivity index is 0.987. The zero-order valence-electron chi connectivity index (χ0n) is 27.4. The summed E-state index contributed by atoms with van der Waals surface area (Å²) in [4.78, 5) is 2.67. The molecule has 0 saturated carbocycles. The number of rotatable bonds is 4. The molecule has 0 saturated heterocycles. The van der Waals surface area contributed by atoms with Gasteiger partial charge in [0.25, 0.3) is 0 Å². The molecule has 1 aliphatic rings. The summed E-state index contributed by atoms with van der Waals surface area (Å²) >= 11 is 1.89. The minimum absolute atomic E-state index is 0.239. The first-order valence-corrected chi connectivity index (χ1v) is 18.1. The first-order valence-electron chi connectivity index (χ1n) is 17.3. The number of hydrogen-bond acceptors (Lipinski definition) is 1. The lowest BCUT2D eigenvalue weighted by Gasteiger charge is -2.26. The lowest BCUT2D eigenvalue weighted by atomic mass is 9.36. The fourth-order valence-electron chi connectivity index (χ4n) is 7.96. The van der Waals surface area contributed by atoms with Crippen molar-refractivity contribution >= 4 is 67.2 Å². The Bertz CT molecular complexity index is 2690. The number of benzene rings is 9. The van der Waals surface area contributed by atoms with Crippen LogP contribution in [0.15, 0.2) is 198 Å². The van der Waals surface area contributed by atoms with Crippen molar-refractivity contribution in [1.29, 1.82) is 0 Å². The first-order chi connectivity index (χ1) is 24.8. The van der Waals surface area contributed by atoms with Gasteiger partial charge in [-0.2, -0.15) is 0 Å². The highest BCUT2D eigenvalue weighted by Crippen LogP contribution is 2.38. The van der Waals surface area contributed by atoms with E-state index in [-0.39, 0.29) is 6.71 Å². The summed E-state index contributed by atoms with van der Waals surface area (Å²) in [6, 6.07) is 69.4. The molecule has 0 amide bonds. The van der Waals surface area contributed by atoms with Gasteiger partial charge in [-0.1, -0.05) is 192 Å². The number of hydrogen-bond donors (Lipinski definition) is 0. The molecule has 0 radical (unpaired) electrons. The van der Waals surface area contributed by atoms with Crippen LogP contribution in [0.1, 0.15) is 0 Å². The zero-order valence-corrected chi connectivity index (χ0v) is 28.2. The van der Waals surface area contributed by atoms with E-state index >= 15 is 0 Å². The molecule has 0 aliphatic carbocycles. The van der Waals surface area contributed by atoms with Crippen LogP contribution in [0.3, 0.4) is 0 Å². The van der Waals surface area contributed by atoms with Gasteiger partial charge < -0.3 is 0 Å². The third-order valence-corrected chi connectivity index (χ3v) is 11.6. The van der Waals surface area contributed by atoms with E-state index < -0.39 is 0 Å². The Kier molecular flexibility index (Phi) is 6.96. The normalized spacial score (nSPS) is 12.3. The van der Waals surface area contributed by atoms with E-state index in [0.717, 1.165) is 0 Å². The second-order valence-corrected chi connectivity index (χ2v) is 14.3. The molecule has 9 aromatic carbocycles. The molecular formula is C48H31BS. The van der Waals surface area contributed by atoms with Crippen molar-refractivity contribution in [3.63, 3.8) is 0 Å². The molecule has 0 bridgehead atoms. The maximum atomic E-state index is 2.39. The molecule has 50 heavy (non-hydrogen) atoms. The molecule has 1 aliphatic heterocycles. The molecule has 2 heteroatoms. The van der Waals surface area contributed by atoms with Crippen molar-refractivity contribution < 1.29 is 0 Å². The van der Waals surface area contributed by atoms with Crippen LogP contribution >= 0.6 is 11.8 Å². The van der Waals surface area contributed by atoms with Crippen LogP contribution in [0.25, 0.3) is 65.7 Å². The van der Waals surface area contributed by atoms with Crippen LogP contribution in [0.4, 0.5) is 0 Å². The van der Waals surface area contributed by atoms with Gasteiger partial charge in [-0.25, -0.2) is 0 Å². The molecule has 0 N–H and O–H groups in total. The second kappa shape index (κ2) is 11.9. The second-order valence-electron chi connectivity index (χ2n) is 13.2. The van der Waals surface area contributed by atoms with Crippen LogP contribution in [-0.4, -0.2) is 6.71 Å². The van der Waals surface area contributed by atoms with Gasteiger partial charge in [-0.3, -0.25) is 0 Å². The van der Waals surface area contributed by atoms with Gasteiger partial charge in [0.1, 0.15) is 0 Å². The Morgan fingerprint density at radius 3 is 1.46 bits per heavy atom. The van der Waals surface area contributed by atoms with Crippen molar-refractivity contribution in [2.45, 2.75) is 9.79 Å². The van der Waals surface area contributed by atoms with Crippen LogP contribution in [-0.2, 0) is 0 Å². The standard InChI is InChI=1S/C48H31BS/c1-2-13-38(14-3-1)49-45-19-8-9-20-47(45)50-48-31-37(26-28-46(48)49)35-12-10-11-34(29-35)32-21-23-33(24-22-32)36-25-27-43-41-17-5-4-15-39(41)40-16-6-7-18-42(40)44(43)30-36/h1-31H. The quantitative estimate of drug-likeness (QED) is 0.135. The van der Waals surface area contributed by atoms with Gasteiger partial charge in [0.15, 0.2) is 0 Å². The smallest absolute Gasteiger partial charge is 0.0911 e. The van der Waals surface area contributed by atoms with Gasteiger partial charge in [0.2, 0.25) is 6.71 Å². The van der Waals surface area contributed by atoms with E-state index in [4.69, 9.17) is 0 Å². The van der Waals surface area contributed by atoms with E-state index in [1.165, 1.54) is 91.9 Å². The Morgan fingerprint density at radius 1 is 0.280 bits per heavy atom. The minimum Gasteiger partial charge on any atom is -0.0911 e. The van der Waals surface area contributed by atoms with Gasteiger partial charge >= 0.3 is 0 Å². The summed E-state index contributed by atoms with van der Waals surface area (Å²) in [6.45, 7) is 0.239. The fraction of sp³-hybridized carbons (Fsp3) is 0. The van der Waals surface area contributed by atoms with Crippen LogP contribution in [0.5, 0.6) is 0 Å². The molecule has 10 rings (SSSR count). The Morgan fingerprint density at radius 2 is 0.760 bits per heavy atom. The predicted molar refractivity (Wildman–Crippen MR) is 217 cm³/mol. The van der Waals surface area contributed by atoms with Crippen molar-refractivity contribution in [2.24, 2.45) is 0 Å². The highest BCUT2D eigenvalue weighted by Gasteiger charge is 2.31. The fourth-order valence-corrected chi connectivity index (χ4v) is 9.14. The van der Waals surface area contributed by atoms with Crippen molar-refractivity contribution in [1.82, 2.24) is 0 Å². The van der Waals surface area contributed by atoms with Crippen LogP contribution < -0.4 is 16.4 Å². The van der Waals surface area contributed by atoms with Gasteiger partial charge in [-0.05, 0) is 90.0 Å². The van der Waals surface area contributed by atoms with E-state index in [9.17, 15) is 0 Å². The monoisotopic (exact) mass is 650 g/mol. The average Bonchev–Trinajstić information content (AvgIpc) is 3.20. The third-order valence-electron chi connectivity index (χ3n) is 10.4. The van der Waals surface area contributed by atoms with Crippen molar-refractivity contribution in [3.8, 4) is 33.4 Å². The third kappa shape index (κ3) is 4.87. The van der Waals surface area contributed by atoms with E-state index in [1.807, 2.05) is 11.8 Å². The predicted octanol–water partition coefficient (Wildman–Crippen LogP) is 11.1. The molecule has 0 spiro atoms. The molecule has 0 aromatic heterocycles. The largest absolute Gasteiger partial charge is 0.244 e. The van der Waals surface area contributed by atoms with Crippen LogP contribution in [0.2, 0.25) is 0 Å². The molecule has 0 fully saturated rings. The lowest BCUT2D eigenvalue weighted by molar-refractivity contribution is 1.43. The summed E-state index contributed by atoms with van der Waals surface area (Å²) in [6.07, 6.45) is 0. The summed E-state index contributed by atoms with van der Waals surface area (Å²) in [7, 11) is 0. The van der Waals surface area contributed by atoms with Crippen LogP contribution in [0, 0.1) is 0 Å². The average molecular weight is 651 g/mol. The van der Waals surface area contributed by atoms with E-state index in [2.05, 4.69) is 188 Å². The SMILES string of the molecule is c1ccc(B2c3ccccc3Sc3cc(-c4cccc(-c5ccc(-c6ccc7c8ccccc8c8ccccc8c7c6)cc5)c4)ccc32)cc1. The maximum Gasteiger partial charge on any atom is 0.244 e. The van der Waals surface area contributed by atoms with Gasteiger partial charge in [0.05, 0.1) is 0 Å². The molecule has 0 atom stereocenters. The lowest BCUT2D eigenvalue weighted by Crippen LogP contribution is -2.55. The van der Waals surface area contributed by atoms with Crippen molar-refractivity contribution in [3.05, 3.63) is 188 Å². The Labute approximate surface area is 297 Å². The summed E-state index contributed by atoms with van der Waals surface area (Å²) in [5.41, 5.74) is 11.5. The Hall–Kier alpha value is -5.83. The summed E-state index contributed by atoms with van der Waals surface area (Å²) in [5, 5.41) is 7.83.